The zero-order chi connectivity index (χ0) is 14.9. The topological polar surface area (TPSA) is 105 Å². The van der Waals surface area contributed by atoms with Crippen molar-refractivity contribution in [3.05, 3.63) is 39.9 Å². The van der Waals surface area contributed by atoms with Crippen molar-refractivity contribution in [1.82, 2.24) is 4.98 Å². The number of hydrogen-bond donors (Lipinski definition) is 3. The third-order valence-corrected chi connectivity index (χ3v) is 3.22. The minimum atomic E-state index is -0.724. The van der Waals surface area contributed by atoms with Gasteiger partial charge in [-0.1, -0.05) is 23.2 Å². The maximum absolute atomic E-state index is 11.4. The second kappa shape index (κ2) is 5.54. The van der Waals surface area contributed by atoms with Gasteiger partial charge in [-0.25, -0.2) is 10.9 Å². The number of nitrogens with one attached hydrogen (secondary N) is 1. The molecule has 1 aromatic heterocycles. The Morgan fingerprint density at radius 1 is 1.30 bits per heavy atom. The maximum Gasteiger partial charge on any atom is 0.252 e. The zero-order valence-electron chi connectivity index (χ0n) is 10.1. The van der Waals surface area contributed by atoms with Gasteiger partial charge >= 0.3 is 0 Å². The summed E-state index contributed by atoms with van der Waals surface area (Å²) >= 11 is 12.0. The van der Waals surface area contributed by atoms with Gasteiger partial charge in [0.15, 0.2) is 0 Å². The predicted molar refractivity (Wildman–Crippen MR) is 77.5 cm³/mol. The Hall–Kier alpha value is -2.02. The van der Waals surface area contributed by atoms with E-state index in [-0.39, 0.29) is 11.4 Å². The largest absolute Gasteiger partial charge is 0.365 e. The number of hydrogen-bond acceptors (Lipinski definition) is 3. The van der Waals surface area contributed by atoms with Crippen molar-refractivity contribution in [3.63, 3.8) is 0 Å². The van der Waals surface area contributed by atoms with Gasteiger partial charge in [0, 0.05) is 21.3 Å². The average molecular weight is 313 g/mol. The lowest BCUT2D eigenvalue weighted by molar-refractivity contribution is -0.107. The third kappa shape index (κ3) is 2.62. The first-order chi connectivity index (χ1) is 9.43. The van der Waals surface area contributed by atoms with Crippen LogP contribution in [0.4, 0.5) is 5.82 Å². The lowest BCUT2D eigenvalue weighted by Gasteiger charge is -2.09. The molecule has 0 aliphatic rings. The van der Waals surface area contributed by atoms with Gasteiger partial charge in [-0.05, 0) is 24.3 Å². The number of benzene rings is 1. The highest BCUT2D eigenvalue weighted by Gasteiger charge is 2.18. The second-order valence-electron chi connectivity index (χ2n) is 3.95. The van der Waals surface area contributed by atoms with E-state index in [2.05, 4.69) is 4.98 Å². The van der Waals surface area contributed by atoms with E-state index in [0.717, 1.165) is 5.01 Å². The fraction of sp³-hybridized carbons (Fsp3) is 0. The molecule has 8 heteroatoms. The van der Waals surface area contributed by atoms with E-state index < -0.39 is 5.91 Å². The van der Waals surface area contributed by atoms with Crippen LogP contribution in [0.15, 0.2) is 24.3 Å². The number of nitrogens with zero attached hydrogens (tertiary/aromatic N) is 1. The Morgan fingerprint density at radius 2 is 2.00 bits per heavy atom. The van der Waals surface area contributed by atoms with Crippen LogP contribution in [-0.4, -0.2) is 17.3 Å². The first kappa shape index (κ1) is 14.4. The van der Waals surface area contributed by atoms with Gasteiger partial charge in [0.05, 0.1) is 5.56 Å². The van der Waals surface area contributed by atoms with Gasteiger partial charge in [0.1, 0.15) is 5.82 Å². The van der Waals surface area contributed by atoms with Gasteiger partial charge in [0.25, 0.3) is 5.91 Å². The SMILES string of the molecule is NC(=O)c1cc(-c2cc(Cl)ccc2Cl)[nH]c1N(N)C=O. The molecule has 1 heterocycles. The molecule has 0 saturated heterocycles. The number of nitrogens with two attached hydrogens (primary N) is 2. The van der Waals surface area contributed by atoms with Crippen LogP contribution in [0.1, 0.15) is 10.4 Å². The summed E-state index contributed by atoms with van der Waals surface area (Å²) in [5, 5.41) is 1.62. The fourth-order valence-electron chi connectivity index (χ4n) is 1.74. The normalized spacial score (nSPS) is 10.3. The summed E-state index contributed by atoms with van der Waals surface area (Å²) in [6.07, 6.45) is 0.349. The van der Waals surface area contributed by atoms with Crippen LogP contribution >= 0.6 is 23.2 Å². The van der Waals surface area contributed by atoms with E-state index in [1.165, 1.54) is 6.07 Å². The Labute approximate surface area is 124 Å². The Bertz CT molecular complexity index is 684. The third-order valence-electron chi connectivity index (χ3n) is 2.65. The number of anilines is 1. The number of aromatic amines is 1. The molecule has 6 nitrogen and oxygen atoms in total. The lowest BCUT2D eigenvalue weighted by atomic mass is 10.1. The maximum atomic E-state index is 11.4. The Morgan fingerprint density at radius 3 is 2.60 bits per heavy atom. The van der Waals surface area contributed by atoms with Gasteiger partial charge in [0.2, 0.25) is 6.41 Å². The highest BCUT2D eigenvalue weighted by atomic mass is 35.5. The standard InChI is InChI=1S/C12H10Cl2N4O2/c13-6-1-2-9(14)7(3-6)10-4-8(11(15)20)12(17-10)18(16)5-19/h1-5,17H,16H2,(H2,15,20). The van der Waals surface area contributed by atoms with Crippen molar-refractivity contribution in [2.75, 3.05) is 5.01 Å². The zero-order valence-corrected chi connectivity index (χ0v) is 11.6. The van der Waals surface area contributed by atoms with Crippen LogP contribution in [0.25, 0.3) is 11.3 Å². The number of carbonyl (C=O) groups excluding carboxylic acids is 2. The quantitative estimate of drug-likeness (QED) is 0.347. The van der Waals surface area contributed by atoms with E-state index in [4.69, 9.17) is 34.8 Å². The molecular formula is C12H10Cl2N4O2. The smallest absolute Gasteiger partial charge is 0.252 e. The van der Waals surface area contributed by atoms with Crippen molar-refractivity contribution < 1.29 is 9.59 Å². The van der Waals surface area contributed by atoms with Crippen molar-refractivity contribution in [1.29, 1.82) is 0 Å². The van der Waals surface area contributed by atoms with Crippen LogP contribution in [0.2, 0.25) is 10.0 Å². The molecule has 5 N–H and O–H groups in total. The molecule has 0 atom stereocenters. The minimum absolute atomic E-state index is 0.0747. The van der Waals surface area contributed by atoms with Crippen LogP contribution < -0.4 is 16.6 Å². The number of rotatable bonds is 4. The van der Waals surface area contributed by atoms with Gasteiger partial charge in [-0.15, -0.1) is 0 Å². The molecule has 104 valence electrons. The molecule has 0 radical (unpaired) electrons. The lowest BCUT2D eigenvalue weighted by Crippen LogP contribution is -2.31. The summed E-state index contributed by atoms with van der Waals surface area (Å²) < 4.78 is 0. The van der Waals surface area contributed by atoms with E-state index in [1.54, 1.807) is 18.2 Å². The molecule has 0 fully saturated rings. The second-order valence-corrected chi connectivity index (χ2v) is 4.79. The molecule has 0 spiro atoms. The molecule has 0 aliphatic heterocycles. The number of carbonyl (C=O) groups is 2. The molecule has 2 amide bonds. The molecule has 0 saturated carbocycles. The van der Waals surface area contributed by atoms with Crippen molar-refractivity contribution >= 4 is 41.3 Å². The average Bonchev–Trinajstić information content (AvgIpc) is 2.85. The highest BCUT2D eigenvalue weighted by Crippen LogP contribution is 2.32. The van der Waals surface area contributed by atoms with E-state index in [1.807, 2.05) is 0 Å². The summed E-state index contributed by atoms with van der Waals surface area (Å²) in [6.45, 7) is 0. The van der Waals surface area contributed by atoms with Crippen molar-refractivity contribution in [2.24, 2.45) is 11.6 Å². The Balaban J connectivity index is 2.61. The van der Waals surface area contributed by atoms with Crippen LogP contribution in [0.5, 0.6) is 0 Å². The summed E-state index contributed by atoms with van der Waals surface area (Å²) in [5.74, 6) is 4.82. The number of amides is 2. The van der Waals surface area contributed by atoms with E-state index in [9.17, 15) is 9.59 Å². The molecule has 1 aromatic carbocycles. The van der Waals surface area contributed by atoms with Gasteiger partial charge in [-0.2, -0.15) is 0 Å². The number of halogens is 2. The minimum Gasteiger partial charge on any atom is -0.365 e. The van der Waals surface area contributed by atoms with Gasteiger partial charge in [-0.3, -0.25) is 9.59 Å². The van der Waals surface area contributed by atoms with Crippen LogP contribution in [0.3, 0.4) is 0 Å². The number of primary amides is 1. The molecule has 20 heavy (non-hydrogen) atoms. The number of hydrazine groups is 1. The predicted octanol–water partition coefficient (Wildman–Crippen LogP) is 1.92. The monoisotopic (exact) mass is 312 g/mol. The summed E-state index contributed by atoms with van der Waals surface area (Å²) in [5.41, 5.74) is 6.36. The van der Waals surface area contributed by atoms with Crippen LogP contribution in [0, 0.1) is 0 Å². The van der Waals surface area contributed by atoms with E-state index in [0.29, 0.717) is 27.7 Å². The first-order valence-electron chi connectivity index (χ1n) is 5.41. The number of H-pyrrole nitrogens is 1. The van der Waals surface area contributed by atoms with Crippen LogP contribution in [-0.2, 0) is 4.79 Å². The van der Waals surface area contributed by atoms with E-state index >= 15 is 0 Å². The molecule has 2 aromatic rings. The van der Waals surface area contributed by atoms with Crippen molar-refractivity contribution in [2.45, 2.75) is 0 Å². The molecule has 2 rings (SSSR count). The first-order valence-corrected chi connectivity index (χ1v) is 6.17. The summed E-state index contributed by atoms with van der Waals surface area (Å²) in [4.78, 5) is 24.9. The molecule has 0 aliphatic carbocycles. The molecule has 0 unspecified atom stereocenters. The molecule has 0 bridgehead atoms. The van der Waals surface area contributed by atoms with Gasteiger partial charge < -0.3 is 10.7 Å². The highest BCUT2D eigenvalue weighted by molar-refractivity contribution is 6.35. The summed E-state index contributed by atoms with van der Waals surface area (Å²) in [7, 11) is 0. The molecular weight excluding hydrogens is 303 g/mol. The summed E-state index contributed by atoms with van der Waals surface area (Å²) in [6, 6.07) is 6.32. The Kier molecular flexibility index (Phi) is 3.99. The van der Waals surface area contributed by atoms with Crippen molar-refractivity contribution in [3.8, 4) is 11.3 Å². The number of aromatic nitrogens is 1. The fourth-order valence-corrected chi connectivity index (χ4v) is 2.13.